The van der Waals surface area contributed by atoms with Crippen molar-refractivity contribution in [1.82, 2.24) is 9.62 Å². The third kappa shape index (κ3) is 2.63. The number of hydrogen-bond donors (Lipinski definition) is 1. The van der Waals surface area contributed by atoms with Crippen LogP contribution in [-0.4, -0.2) is 43.0 Å². The summed E-state index contributed by atoms with van der Waals surface area (Å²) in [7, 11) is -3.07. The lowest BCUT2D eigenvalue weighted by atomic mass is 9.81. The van der Waals surface area contributed by atoms with E-state index in [4.69, 9.17) is 0 Å². The van der Waals surface area contributed by atoms with Gasteiger partial charge in [0.1, 0.15) is 0 Å². The third-order valence-electron chi connectivity index (χ3n) is 3.90. The summed E-state index contributed by atoms with van der Waals surface area (Å²) in [5.41, 5.74) is -0.130. The normalized spacial score (nSPS) is 25.8. The van der Waals surface area contributed by atoms with E-state index in [1.165, 1.54) is 0 Å². The molecule has 2 rings (SSSR count). The van der Waals surface area contributed by atoms with Gasteiger partial charge in [0, 0.05) is 25.0 Å². The van der Waals surface area contributed by atoms with Crippen molar-refractivity contribution in [1.29, 1.82) is 0 Å². The molecular weight excluding hydrogens is 240 g/mol. The minimum atomic E-state index is -3.07. The Morgan fingerprint density at radius 3 is 2.47 bits per heavy atom. The summed E-state index contributed by atoms with van der Waals surface area (Å²) in [5.74, 6) is 0.273. The largest absolute Gasteiger partial charge is 0.351 e. The number of piperidine rings is 2. The van der Waals surface area contributed by atoms with Crippen molar-refractivity contribution in [2.75, 3.05) is 18.8 Å². The van der Waals surface area contributed by atoms with Crippen LogP contribution < -0.4 is 5.32 Å². The Hall–Kier alpha value is -0.620. The Morgan fingerprint density at radius 1 is 1.29 bits per heavy atom. The van der Waals surface area contributed by atoms with Gasteiger partial charge in [-0.2, -0.15) is 0 Å². The Kier molecular flexibility index (Phi) is 3.45. The van der Waals surface area contributed by atoms with Crippen LogP contribution >= 0.6 is 0 Å². The van der Waals surface area contributed by atoms with Crippen LogP contribution in [0, 0.1) is 0 Å². The zero-order chi connectivity index (χ0) is 12.5. The van der Waals surface area contributed by atoms with Crippen molar-refractivity contribution >= 4 is 15.9 Å². The summed E-state index contributed by atoms with van der Waals surface area (Å²) in [4.78, 5) is 11.4. The van der Waals surface area contributed by atoms with Gasteiger partial charge >= 0.3 is 0 Å². The molecule has 1 amide bonds. The van der Waals surface area contributed by atoms with E-state index in [1.807, 2.05) is 0 Å². The highest BCUT2D eigenvalue weighted by atomic mass is 32.2. The van der Waals surface area contributed by atoms with E-state index in [-0.39, 0.29) is 17.2 Å². The van der Waals surface area contributed by atoms with Crippen LogP contribution in [0.2, 0.25) is 0 Å². The molecule has 98 valence electrons. The zero-order valence-corrected chi connectivity index (χ0v) is 11.1. The highest BCUT2D eigenvalue weighted by Gasteiger charge is 2.40. The molecule has 2 saturated heterocycles. The number of carbonyl (C=O) groups excluding carboxylic acids is 1. The molecule has 0 aliphatic carbocycles. The van der Waals surface area contributed by atoms with Crippen molar-refractivity contribution in [3.8, 4) is 0 Å². The second-order valence-corrected chi connectivity index (χ2v) is 7.24. The Bertz CT molecular complexity index is 397. The Labute approximate surface area is 103 Å². The van der Waals surface area contributed by atoms with Crippen molar-refractivity contribution in [2.24, 2.45) is 0 Å². The lowest BCUT2D eigenvalue weighted by molar-refractivity contribution is -0.125. The Morgan fingerprint density at radius 2 is 1.94 bits per heavy atom. The highest BCUT2D eigenvalue weighted by molar-refractivity contribution is 7.89. The van der Waals surface area contributed by atoms with Crippen LogP contribution in [0.5, 0.6) is 0 Å². The summed E-state index contributed by atoms with van der Waals surface area (Å²) in [6.07, 6.45) is 4.01. The molecule has 5 nitrogen and oxygen atoms in total. The average Bonchev–Trinajstić information content (AvgIpc) is 2.29. The van der Waals surface area contributed by atoms with E-state index < -0.39 is 10.0 Å². The van der Waals surface area contributed by atoms with Gasteiger partial charge in [-0.3, -0.25) is 4.79 Å². The molecule has 2 heterocycles. The molecule has 0 saturated carbocycles. The number of hydrogen-bond acceptors (Lipinski definition) is 3. The number of amides is 1. The van der Waals surface area contributed by atoms with Crippen molar-refractivity contribution in [3.63, 3.8) is 0 Å². The summed E-state index contributed by atoms with van der Waals surface area (Å²) in [6, 6.07) is 0. The van der Waals surface area contributed by atoms with E-state index in [0.29, 0.717) is 19.5 Å². The van der Waals surface area contributed by atoms with Gasteiger partial charge in [-0.25, -0.2) is 12.7 Å². The van der Waals surface area contributed by atoms with Crippen molar-refractivity contribution in [3.05, 3.63) is 0 Å². The van der Waals surface area contributed by atoms with E-state index in [2.05, 4.69) is 5.32 Å². The maximum Gasteiger partial charge on any atom is 0.220 e. The van der Waals surface area contributed by atoms with E-state index in [0.717, 1.165) is 25.7 Å². The van der Waals surface area contributed by atoms with Gasteiger partial charge in [0.25, 0.3) is 0 Å². The van der Waals surface area contributed by atoms with Crippen LogP contribution in [0.3, 0.4) is 0 Å². The molecule has 1 spiro atoms. The predicted octanol–water partition coefficient (Wildman–Crippen LogP) is 0.471. The van der Waals surface area contributed by atoms with Crippen molar-refractivity contribution < 1.29 is 13.2 Å². The van der Waals surface area contributed by atoms with Crippen LogP contribution in [0.4, 0.5) is 0 Å². The summed E-state index contributed by atoms with van der Waals surface area (Å²) < 4.78 is 25.0. The van der Waals surface area contributed by atoms with Gasteiger partial charge in [0.15, 0.2) is 0 Å². The second-order valence-electron chi connectivity index (χ2n) is 4.98. The molecule has 0 unspecified atom stereocenters. The first-order chi connectivity index (χ1) is 7.97. The molecule has 0 aromatic heterocycles. The molecule has 0 bridgehead atoms. The Balaban J connectivity index is 2.00. The van der Waals surface area contributed by atoms with Crippen LogP contribution in [0.15, 0.2) is 0 Å². The fourth-order valence-corrected chi connectivity index (χ4v) is 3.86. The zero-order valence-electron chi connectivity index (χ0n) is 10.2. The number of nitrogens with zero attached hydrogens (tertiary/aromatic N) is 1. The molecule has 6 heteroatoms. The fraction of sp³-hybridized carbons (Fsp3) is 0.909. The molecule has 0 atom stereocenters. The number of nitrogens with one attached hydrogen (secondary N) is 1. The standard InChI is InChI=1S/C11H20N2O3S/c1-2-17(15,16)13-8-6-11(7-9-13)5-3-4-10(14)12-11/h2-9H2,1H3,(H,12,14). The lowest BCUT2D eigenvalue weighted by Gasteiger charge is -2.44. The first-order valence-corrected chi connectivity index (χ1v) is 7.87. The van der Waals surface area contributed by atoms with Crippen LogP contribution in [0.1, 0.15) is 39.0 Å². The monoisotopic (exact) mass is 260 g/mol. The molecule has 2 fully saturated rings. The molecule has 1 N–H and O–H groups in total. The summed E-state index contributed by atoms with van der Waals surface area (Å²) >= 11 is 0. The molecule has 2 aliphatic rings. The second kappa shape index (κ2) is 4.57. The topological polar surface area (TPSA) is 66.5 Å². The predicted molar refractivity (Wildman–Crippen MR) is 65.0 cm³/mol. The van der Waals surface area contributed by atoms with Gasteiger partial charge in [-0.05, 0) is 32.6 Å². The van der Waals surface area contributed by atoms with Gasteiger partial charge < -0.3 is 5.32 Å². The number of carbonyl (C=O) groups is 1. The molecule has 0 aromatic rings. The summed E-state index contributed by atoms with van der Waals surface area (Å²) in [5, 5.41) is 3.06. The smallest absolute Gasteiger partial charge is 0.220 e. The van der Waals surface area contributed by atoms with E-state index in [9.17, 15) is 13.2 Å². The minimum Gasteiger partial charge on any atom is -0.351 e. The third-order valence-corrected chi connectivity index (χ3v) is 5.78. The van der Waals surface area contributed by atoms with Gasteiger partial charge in [-0.15, -0.1) is 0 Å². The van der Waals surface area contributed by atoms with Gasteiger partial charge in [0.05, 0.1) is 5.75 Å². The van der Waals surface area contributed by atoms with Crippen LogP contribution in [-0.2, 0) is 14.8 Å². The quantitative estimate of drug-likeness (QED) is 0.785. The molecule has 2 aliphatic heterocycles. The highest BCUT2D eigenvalue weighted by Crippen LogP contribution is 2.31. The van der Waals surface area contributed by atoms with Gasteiger partial charge in [-0.1, -0.05) is 0 Å². The first kappa shape index (κ1) is 12.8. The maximum absolute atomic E-state index is 11.7. The molecule has 0 aromatic carbocycles. The van der Waals surface area contributed by atoms with E-state index >= 15 is 0 Å². The number of rotatable bonds is 2. The minimum absolute atomic E-state index is 0.114. The summed E-state index contributed by atoms with van der Waals surface area (Å²) in [6.45, 7) is 2.75. The van der Waals surface area contributed by atoms with Crippen LogP contribution in [0.25, 0.3) is 0 Å². The lowest BCUT2D eigenvalue weighted by Crippen LogP contribution is -2.58. The number of sulfonamides is 1. The maximum atomic E-state index is 11.7. The average molecular weight is 260 g/mol. The molecule has 17 heavy (non-hydrogen) atoms. The van der Waals surface area contributed by atoms with Gasteiger partial charge in [0.2, 0.25) is 15.9 Å². The fourth-order valence-electron chi connectivity index (χ4n) is 2.76. The molecular formula is C11H20N2O3S. The SMILES string of the molecule is CCS(=O)(=O)N1CCC2(CCCC(=O)N2)CC1. The molecule has 0 radical (unpaired) electrons. The first-order valence-electron chi connectivity index (χ1n) is 6.26. The van der Waals surface area contributed by atoms with E-state index in [1.54, 1.807) is 11.2 Å². The van der Waals surface area contributed by atoms with Crippen molar-refractivity contribution in [2.45, 2.75) is 44.6 Å².